The molecule has 0 amide bonds. The Kier molecular flexibility index (Phi) is 4.31. The summed E-state index contributed by atoms with van der Waals surface area (Å²) in [5.74, 6) is -2.14. The van der Waals surface area contributed by atoms with Crippen molar-refractivity contribution >= 4 is 17.4 Å². The Morgan fingerprint density at radius 3 is 2.09 bits per heavy atom. The molecular formula is C16H16N2O5. The highest BCUT2D eigenvalue weighted by Crippen LogP contribution is 2.38. The number of rotatable bonds is 4. The number of dihydropyridines is 1. The molecule has 23 heavy (non-hydrogen) atoms. The third kappa shape index (κ3) is 2.98. The summed E-state index contributed by atoms with van der Waals surface area (Å²) in [7, 11) is 0. The molecule has 1 atom stereocenters. The summed E-state index contributed by atoms with van der Waals surface area (Å²) in [6.45, 7) is 4.71. The number of nitro benzene ring substituents is 1. The lowest BCUT2D eigenvalue weighted by molar-refractivity contribution is -0.384. The molecular weight excluding hydrogens is 300 g/mol. The van der Waals surface area contributed by atoms with E-state index >= 15 is 0 Å². The zero-order chi connectivity index (χ0) is 17.3. The van der Waals surface area contributed by atoms with Gasteiger partial charge in [-0.05, 0) is 26.3 Å². The van der Waals surface area contributed by atoms with Crippen molar-refractivity contribution in [3.05, 3.63) is 62.5 Å². The SMILES string of the molecule is CC(=O)C1=C(C)NC(C)=C(C(=O)O)[C@@H]1c1ccc([N+](=O)[O-])cc1. The van der Waals surface area contributed by atoms with Crippen LogP contribution in [0.5, 0.6) is 0 Å². The van der Waals surface area contributed by atoms with Gasteiger partial charge in [0, 0.05) is 35.0 Å². The molecule has 0 fully saturated rings. The molecule has 0 aliphatic carbocycles. The van der Waals surface area contributed by atoms with Gasteiger partial charge in [0.05, 0.1) is 10.5 Å². The van der Waals surface area contributed by atoms with Gasteiger partial charge in [-0.2, -0.15) is 0 Å². The molecule has 0 bridgehead atoms. The van der Waals surface area contributed by atoms with E-state index in [1.54, 1.807) is 13.8 Å². The van der Waals surface area contributed by atoms with Crippen molar-refractivity contribution in [3.8, 4) is 0 Å². The van der Waals surface area contributed by atoms with Crippen LogP contribution in [-0.4, -0.2) is 21.8 Å². The predicted molar refractivity (Wildman–Crippen MR) is 82.7 cm³/mol. The molecule has 7 nitrogen and oxygen atoms in total. The van der Waals surface area contributed by atoms with Crippen molar-refractivity contribution in [3.63, 3.8) is 0 Å². The van der Waals surface area contributed by atoms with Crippen molar-refractivity contribution < 1.29 is 19.6 Å². The first-order valence-electron chi connectivity index (χ1n) is 6.91. The number of carbonyl (C=O) groups excluding carboxylic acids is 1. The van der Waals surface area contributed by atoms with Crippen molar-refractivity contribution in [1.82, 2.24) is 5.32 Å². The van der Waals surface area contributed by atoms with Crippen LogP contribution < -0.4 is 5.32 Å². The minimum Gasteiger partial charge on any atom is -0.478 e. The molecule has 1 aliphatic heterocycles. The number of allylic oxidation sites excluding steroid dienone is 3. The fraction of sp³-hybridized carbons (Fsp3) is 0.250. The summed E-state index contributed by atoms with van der Waals surface area (Å²) in [6, 6.07) is 5.58. The highest BCUT2D eigenvalue weighted by Gasteiger charge is 2.35. The van der Waals surface area contributed by atoms with Crippen LogP contribution in [0.4, 0.5) is 5.69 Å². The Hall–Kier alpha value is -2.96. The second-order valence-corrected chi connectivity index (χ2v) is 5.35. The van der Waals surface area contributed by atoms with Crippen LogP contribution in [0.2, 0.25) is 0 Å². The van der Waals surface area contributed by atoms with Gasteiger partial charge in [0.15, 0.2) is 5.78 Å². The molecule has 120 valence electrons. The Labute approximate surface area is 132 Å². The molecule has 0 radical (unpaired) electrons. The monoisotopic (exact) mass is 316 g/mol. The Balaban J connectivity index is 2.64. The molecule has 1 aromatic carbocycles. The summed E-state index contributed by atoms with van der Waals surface area (Å²) in [5.41, 5.74) is 1.88. The Morgan fingerprint density at radius 2 is 1.65 bits per heavy atom. The molecule has 0 saturated carbocycles. The van der Waals surface area contributed by atoms with Gasteiger partial charge in [-0.25, -0.2) is 4.79 Å². The van der Waals surface area contributed by atoms with Crippen molar-refractivity contribution in [2.75, 3.05) is 0 Å². The van der Waals surface area contributed by atoms with E-state index in [9.17, 15) is 24.8 Å². The number of nitrogens with zero attached hydrogens (tertiary/aromatic N) is 1. The molecule has 0 unspecified atom stereocenters. The van der Waals surface area contributed by atoms with E-state index in [4.69, 9.17) is 0 Å². The largest absolute Gasteiger partial charge is 0.478 e. The summed E-state index contributed by atoms with van der Waals surface area (Å²) < 4.78 is 0. The number of hydrogen-bond acceptors (Lipinski definition) is 5. The second-order valence-electron chi connectivity index (χ2n) is 5.35. The van der Waals surface area contributed by atoms with E-state index in [1.165, 1.54) is 31.2 Å². The minimum atomic E-state index is -1.13. The van der Waals surface area contributed by atoms with Crippen molar-refractivity contribution in [2.24, 2.45) is 0 Å². The lowest BCUT2D eigenvalue weighted by Gasteiger charge is -2.29. The Morgan fingerprint density at radius 1 is 1.13 bits per heavy atom. The first-order valence-corrected chi connectivity index (χ1v) is 6.91. The van der Waals surface area contributed by atoms with E-state index in [-0.39, 0.29) is 17.0 Å². The van der Waals surface area contributed by atoms with Crippen LogP contribution in [0.1, 0.15) is 32.3 Å². The number of carboxylic acid groups (broad SMARTS) is 1. The topological polar surface area (TPSA) is 110 Å². The number of nitrogens with one attached hydrogen (secondary N) is 1. The van der Waals surface area contributed by atoms with Gasteiger partial charge in [0.25, 0.3) is 5.69 Å². The first-order chi connectivity index (χ1) is 10.7. The van der Waals surface area contributed by atoms with Gasteiger partial charge in [0.2, 0.25) is 0 Å². The molecule has 1 aromatic rings. The first kappa shape index (κ1) is 16.4. The van der Waals surface area contributed by atoms with E-state index < -0.39 is 16.8 Å². The second kappa shape index (κ2) is 6.04. The molecule has 2 N–H and O–H groups in total. The molecule has 2 rings (SSSR count). The van der Waals surface area contributed by atoms with E-state index in [1.807, 2.05) is 0 Å². The summed E-state index contributed by atoms with van der Waals surface area (Å²) >= 11 is 0. The van der Waals surface area contributed by atoms with E-state index in [0.717, 1.165) is 0 Å². The number of ketones is 1. The average molecular weight is 316 g/mol. The van der Waals surface area contributed by atoms with Gasteiger partial charge in [-0.1, -0.05) is 12.1 Å². The highest BCUT2D eigenvalue weighted by molar-refractivity contribution is 6.01. The van der Waals surface area contributed by atoms with Crippen LogP contribution in [0, 0.1) is 10.1 Å². The lowest BCUT2D eigenvalue weighted by Crippen LogP contribution is -2.30. The predicted octanol–water partition coefficient (Wildman–Crippen LogP) is 2.50. The van der Waals surface area contributed by atoms with Crippen molar-refractivity contribution in [2.45, 2.75) is 26.7 Å². The maximum atomic E-state index is 12.0. The number of hydrogen-bond donors (Lipinski definition) is 2. The summed E-state index contributed by atoms with van der Waals surface area (Å²) in [4.78, 5) is 33.9. The number of carboxylic acids is 1. The number of non-ortho nitro benzene ring substituents is 1. The van der Waals surface area contributed by atoms with Gasteiger partial charge >= 0.3 is 5.97 Å². The van der Waals surface area contributed by atoms with Crippen LogP contribution in [0.15, 0.2) is 46.8 Å². The van der Waals surface area contributed by atoms with Crippen LogP contribution in [0.3, 0.4) is 0 Å². The van der Waals surface area contributed by atoms with E-state index in [2.05, 4.69) is 5.32 Å². The summed E-state index contributed by atoms with van der Waals surface area (Å²) in [6.07, 6.45) is 0. The van der Waals surface area contributed by atoms with Gasteiger partial charge in [0.1, 0.15) is 0 Å². The number of aliphatic carboxylic acids is 1. The van der Waals surface area contributed by atoms with Crippen LogP contribution >= 0.6 is 0 Å². The molecule has 0 spiro atoms. The van der Waals surface area contributed by atoms with Crippen LogP contribution in [0.25, 0.3) is 0 Å². The standard InChI is InChI=1S/C16H16N2O5/c1-8-13(10(3)19)15(14(16(20)21)9(2)17-8)11-4-6-12(7-5-11)18(22)23/h4-7,15,17H,1-3H3,(H,20,21)/t15-/m1/s1. The molecule has 0 aromatic heterocycles. The quantitative estimate of drug-likeness (QED) is 0.652. The van der Waals surface area contributed by atoms with Crippen molar-refractivity contribution in [1.29, 1.82) is 0 Å². The third-order valence-corrected chi connectivity index (χ3v) is 3.81. The lowest BCUT2D eigenvalue weighted by atomic mass is 9.79. The third-order valence-electron chi connectivity index (χ3n) is 3.81. The number of Topliss-reactive ketones (excluding diaryl/α,β-unsaturated/α-hetero) is 1. The molecule has 1 aliphatic rings. The maximum absolute atomic E-state index is 12.0. The normalized spacial score (nSPS) is 17.8. The number of nitro groups is 1. The Bertz CT molecular complexity index is 723. The molecule has 7 heteroatoms. The fourth-order valence-electron chi connectivity index (χ4n) is 2.87. The van der Waals surface area contributed by atoms with Gasteiger partial charge in [-0.3, -0.25) is 14.9 Å². The highest BCUT2D eigenvalue weighted by atomic mass is 16.6. The maximum Gasteiger partial charge on any atom is 0.334 e. The van der Waals surface area contributed by atoms with Gasteiger partial charge in [-0.15, -0.1) is 0 Å². The molecule has 0 saturated heterocycles. The minimum absolute atomic E-state index is 0.0645. The fourth-order valence-corrected chi connectivity index (χ4v) is 2.87. The zero-order valence-corrected chi connectivity index (χ0v) is 12.9. The average Bonchev–Trinajstić information content (AvgIpc) is 2.45. The number of benzene rings is 1. The molecule has 1 heterocycles. The van der Waals surface area contributed by atoms with Crippen LogP contribution in [-0.2, 0) is 9.59 Å². The number of carbonyl (C=O) groups is 2. The van der Waals surface area contributed by atoms with Gasteiger partial charge < -0.3 is 10.4 Å². The smallest absolute Gasteiger partial charge is 0.334 e. The van der Waals surface area contributed by atoms with E-state index in [0.29, 0.717) is 22.5 Å². The zero-order valence-electron chi connectivity index (χ0n) is 12.9. The summed E-state index contributed by atoms with van der Waals surface area (Å²) in [5, 5.41) is 23.2.